The second-order valence-corrected chi connectivity index (χ2v) is 10.00. The summed E-state index contributed by atoms with van der Waals surface area (Å²) in [5.41, 5.74) is 1.27. The third-order valence-corrected chi connectivity index (χ3v) is 8.07. The zero-order valence-electron chi connectivity index (χ0n) is 15.8. The first kappa shape index (κ1) is 20.2. The molecular weight excluding hydrogens is 430 g/mol. The first-order chi connectivity index (χ1) is 13.9. The van der Waals surface area contributed by atoms with E-state index in [4.69, 9.17) is 16.3 Å². The molecule has 0 aliphatic heterocycles. The minimum atomic E-state index is -3.93. The Morgan fingerprint density at radius 1 is 1.14 bits per heavy atom. The number of aryl methyl sites for hydroxylation is 1. The maximum absolute atomic E-state index is 13.3. The van der Waals surface area contributed by atoms with Crippen molar-refractivity contribution in [2.24, 2.45) is 0 Å². The van der Waals surface area contributed by atoms with Gasteiger partial charge in [-0.25, -0.2) is 13.2 Å². The lowest BCUT2D eigenvalue weighted by atomic mass is 9.95. The number of benzene rings is 2. The standard InChI is InChI=1S/C21H20ClNO4S2/c1-2-27-21(24)19-15-9-5-6-10-17(15)28-20(19)23-29(25,26)18-12-11-16(22)13-7-3-4-8-14(13)18/h3-4,7-8,11-12,23H,2,5-6,9-10H2,1H3. The third-order valence-electron chi connectivity index (χ3n) is 5.00. The minimum Gasteiger partial charge on any atom is -0.462 e. The number of nitrogens with one attached hydrogen (secondary N) is 1. The van der Waals surface area contributed by atoms with Gasteiger partial charge in [0.15, 0.2) is 0 Å². The van der Waals surface area contributed by atoms with Crippen LogP contribution in [0.5, 0.6) is 0 Å². The number of sulfonamides is 1. The van der Waals surface area contributed by atoms with Gasteiger partial charge in [-0.2, -0.15) is 0 Å². The van der Waals surface area contributed by atoms with Crippen molar-refractivity contribution < 1.29 is 17.9 Å². The number of rotatable bonds is 5. The molecule has 0 amide bonds. The van der Waals surface area contributed by atoms with Crippen LogP contribution in [0.3, 0.4) is 0 Å². The highest BCUT2D eigenvalue weighted by Crippen LogP contribution is 2.40. The average molecular weight is 450 g/mol. The SMILES string of the molecule is CCOC(=O)c1c(NS(=O)(=O)c2ccc(Cl)c3ccccc23)sc2c1CCCC2. The van der Waals surface area contributed by atoms with E-state index in [1.54, 1.807) is 31.2 Å². The molecule has 0 atom stereocenters. The number of carbonyl (C=O) groups is 1. The van der Waals surface area contributed by atoms with E-state index >= 15 is 0 Å². The van der Waals surface area contributed by atoms with Gasteiger partial charge in [0.2, 0.25) is 0 Å². The number of carbonyl (C=O) groups excluding carboxylic acids is 1. The Kier molecular flexibility index (Phi) is 5.55. The summed E-state index contributed by atoms with van der Waals surface area (Å²) in [5.74, 6) is -0.481. The Labute approximate surface area is 178 Å². The van der Waals surface area contributed by atoms with Gasteiger partial charge in [-0.1, -0.05) is 35.9 Å². The van der Waals surface area contributed by atoms with E-state index in [0.29, 0.717) is 26.4 Å². The summed E-state index contributed by atoms with van der Waals surface area (Å²) in [6, 6.07) is 10.1. The lowest BCUT2D eigenvalue weighted by molar-refractivity contribution is 0.0526. The smallest absolute Gasteiger partial charge is 0.341 e. The molecule has 3 aromatic rings. The van der Waals surface area contributed by atoms with Crippen LogP contribution in [0.25, 0.3) is 10.8 Å². The third kappa shape index (κ3) is 3.74. The number of esters is 1. The van der Waals surface area contributed by atoms with E-state index in [2.05, 4.69) is 4.72 Å². The highest BCUT2D eigenvalue weighted by atomic mass is 35.5. The van der Waals surface area contributed by atoms with E-state index in [1.807, 2.05) is 6.07 Å². The molecule has 0 spiro atoms. The van der Waals surface area contributed by atoms with Gasteiger partial charge in [0, 0.05) is 20.7 Å². The second kappa shape index (κ2) is 7.97. The highest BCUT2D eigenvalue weighted by molar-refractivity contribution is 7.93. The van der Waals surface area contributed by atoms with Crippen LogP contribution in [0.4, 0.5) is 5.00 Å². The van der Waals surface area contributed by atoms with Gasteiger partial charge in [-0.15, -0.1) is 11.3 Å². The fraction of sp³-hybridized carbons (Fsp3) is 0.286. The fourth-order valence-electron chi connectivity index (χ4n) is 3.70. The molecule has 8 heteroatoms. The monoisotopic (exact) mass is 449 g/mol. The van der Waals surface area contributed by atoms with E-state index in [1.165, 1.54) is 17.4 Å². The van der Waals surface area contributed by atoms with E-state index in [0.717, 1.165) is 36.1 Å². The van der Waals surface area contributed by atoms with Crippen LogP contribution in [-0.2, 0) is 27.6 Å². The molecule has 0 radical (unpaired) electrons. The van der Waals surface area contributed by atoms with Gasteiger partial charge < -0.3 is 4.74 Å². The Hall–Kier alpha value is -2.09. The number of anilines is 1. The van der Waals surface area contributed by atoms with Crippen molar-refractivity contribution in [3.05, 3.63) is 57.4 Å². The van der Waals surface area contributed by atoms with Crippen LogP contribution in [0.15, 0.2) is 41.3 Å². The average Bonchev–Trinajstić information content (AvgIpc) is 3.05. The molecule has 1 aromatic heterocycles. The van der Waals surface area contributed by atoms with E-state index in [9.17, 15) is 13.2 Å². The molecule has 5 nitrogen and oxygen atoms in total. The van der Waals surface area contributed by atoms with Crippen molar-refractivity contribution in [3.8, 4) is 0 Å². The van der Waals surface area contributed by atoms with Crippen LogP contribution in [0.1, 0.15) is 40.6 Å². The van der Waals surface area contributed by atoms with Gasteiger partial charge in [-0.05, 0) is 50.3 Å². The minimum absolute atomic E-state index is 0.124. The Bertz CT molecular complexity index is 1200. The maximum atomic E-state index is 13.3. The molecule has 1 aliphatic rings. The summed E-state index contributed by atoms with van der Waals surface area (Å²) in [5, 5.41) is 2.01. The predicted molar refractivity (Wildman–Crippen MR) is 117 cm³/mol. The number of fused-ring (bicyclic) bond motifs is 2. The van der Waals surface area contributed by atoms with Gasteiger partial charge in [-0.3, -0.25) is 4.72 Å². The number of ether oxygens (including phenoxy) is 1. The van der Waals surface area contributed by atoms with Crippen molar-refractivity contribution >= 4 is 54.7 Å². The largest absolute Gasteiger partial charge is 0.462 e. The highest BCUT2D eigenvalue weighted by Gasteiger charge is 2.29. The quantitative estimate of drug-likeness (QED) is 0.528. The summed E-state index contributed by atoms with van der Waals surface area (Å²) in [6.07, 6.45) is 3.61. The van der Waals surface area contributed by atoms with E-state index in [-0.39, 0.29) is 11.5 Å². The molecule has 0 unspecified atom stereocenters. The topological polar surface area (TPSA) is 72.5 Å². The van der Waals surface area contributed by atoms with Crippen LogP contribution in [0, 0.1) is 0 Å². The maximum Gasteiger partial charge on any atom is 0.341 e. The zero-order valence-corrected chi connectivity index (χ0v) is 18.2. The van der Waals surface area contributed by atoms with Crippen LogP contribution in [0.2, 0.25) is 5.02 Å². The van der Waals surface area contributed by atoms with Gasteiger partial charge in [0.05, 0.1) is 17.1 Å². The number of hydrogen-bond acceptors (Lipinski definition) is 5. The molecule has 0 bridgehead atoms. The van der Waals surface area contributed by atoms with Crippen LogP contribution < -0.4 is 4.72 Å². The lowest BCUT2D eigenvalue weighted by Crippen LogP contribution is -2.16. The number of hydrogen-bond donors (Lipinski definition) is 1. The molecule has 1 aliphatic carbocycles. The fourth-order valence-corrected chi connectivity index (χ4v) is 6.73. The molecule has 29 heavy (non-hydrogen) atoms. The molecular formula is C21H20ClNO4S2. The predicted octanol–water partition coefficient (Wildman–Crippen LogP) is 5.41. The summed E-state index contributed by atoms with van der Waals surface area (Å²) in [7, 11) is -3.93. The second-order valence-electron chi connectivity index (χ2n) is 6.83. The molecule has 0 saturated carbocycles. The van der Waals surface area contributed by atoms with Crippen LogP contribution in [-0.4, -0.2) is 21.0 Å². The zero-order chi connectivity index (χ0) is 20.6. The molecule has 1 heterocycles. The molecule has 0 saturated heterocycles. The van der Waals surface area contributed by atoms with Crippen molar-refractivity contribution in [3.63, 3.8) is 0 Å². The summed E-state index contributed by atoms with van der Waals surface area (Å²) in [6.45, 7) is 1.97. The van der Waals surface area contributed by atoms with Crippen LogP contribution >= 0.6 is 22.9 Å². The summed E-state index contributed by atoms with van der Waals surface area (Å²) >= 11 is 7.56. The molecule has 0 fully saturated rings. The normalized spacial score (nSPS) is 13.9. The van der Waals surface area contributed by atoms with Gasteiger partial charge >= 0.3 is 5.97 Å². The van der Waals surface area contributed by atoms with Crippen molar-refractivity contribution in [1.82, 2.24) is 0 Å². The Balaban J connectivity index is 1.81. The number of thiophene rings is 1. The molecule has 1 N–H and O–H groups in total. The van der Waals surface area contributed by atoms with Gasteiger partial charge in [0.1, 0.15) is 5.00 Å². The molecule has 4 rings (SSSR count). The van der Waals surface area contributed by atoms with E-state index < -0.39 is 16.0 Å². The van der Waals surface area contributed by atoms with Gasteiger partial charge in [0.25, 0.3) is 10.0 Å². The van der Waals surface area contributed by atoms with Crippen molar-refractivity contribution in [2.75, 3.05) is 11.3 Å². The Morgan fingerprint density at radius 3 is 2.62 bits per heavy atom. The van der Waals surface area contributed by atoms with Crippen molar-refractivity contribution in [1.29, 1.82) is 0 Å². The molecule has 2 aromatic carbocycles. The first-order valence-corrected chi connectivity index (χ1v) is 12.1. The molecule has 152 valence electrons. The summed E-state index contributed by atoms with van der Waals surface area (Å²) in [4.78, 5) is 13.8. The lowest BCUT2D eigenvalue weighted by Gasteiger charge is -2.13. The van der Waals surface area contributed by atoms with Crippen molar-refractivity contribution in [2.45, 2.75) is 37.5 Å². The number of halogens is 1. The summed E-state index contributed by atoms with van der Waals surface area (Å²) < 4.78 is 34.4. The Morgan fingerprint density at radius 2 is 1.86 bits per heavy atom. The first-order valence-electron chi connectivity index (χ1n) is 9.44.